The van der Waals surface area contributed by atoms with E-state index in [0.29, 0.717) is 31.5 Å². The topological polar surface area (TPSA) is 91.8 Å². The molecule has 7 rings (SSSR count). The molecule has 2 bridgehead atoms. The average Bonchev–Trinajstić information content (AvgIpc) is 3.74. The smallest absolute Gasteiger partial charge is 0.330 e. The predicted octanol–water partition coefficient (Wildman–Crippen LogP) is 5.22. The van der Waals surface area contributed by atoms with Gasteiger partial charge in [0.05, 0.1) is 18.8 Å². The largest absolute Gasteiger partial charge is 0.407 e. The lowest BCUT2D eigenvalue weighted by Gasteiger charge is -2.43. The first-order chi connectivity index (χ1) is 22.3. The number of aromatic nitrogens is 2. The molecule has 4 fully saturated rings. The molecule has 2 saturated carbocycles. The number of nitrogens with one attached hydrogen (secondary N) is 1. The molecule has 1 aromatic heterocycles. The SMILES string of the molecule is CC1(C)[C@@H]2CC[C@@]1(C)[C@@H]1O[C@@H](OC[C@@H]3C[C@H](CO[Si](c4ccccc4)(c4ccccc4)C(C)(C)C)[C@@H](n4ccc(=O)[nH]c4=O)O3)C[C@H]21. The Morgan fingerprint density at radius 1 is 0.915 bits per heavy atom. The molecule has 8 atom stereocenters. The van der Waals surface area contributed by atoms with Gasteiger partial charge in [0, 0.05) is 31.2 Å². The Hall–Kier alpha value is -2.82. The Bertz CT molecular complexity index is 1640. The first-order valence-electron chi connectivity index (χ1n) is 17.3. The fourth-order valence-corrected chi connectivity index (χ4v) is 14.4. The van der Waals surface area contributed by atoms with E-state index in [9.17, 15) is 9.59 Å². The van der Waals surface area contributed by atoms with E-state index in [4.69, 9.17) is 18.6 Å². The minimum Gasteiger partial charge on any atom is -0.407 e. The van der Waals surface area contributed by atoms with Crippen molar-refractivity contribution in [2.75, 3.05) is 13.2 Å². The monoisotopic (exact) mass is 658 g/mol. The molecule has 3 heterocycles. The van der Waals surface area contributed by atoms with Crippen molar-refractivity contribution in [1.82, 2.24) is 9.55 Å². The van der Waals surface area contributed by atoms with Gasteiger partial charge in [-0.25, -0.2) is 4.79 Å². The Morgan fingerprint density at radius 3 is 2.17 bits per heavy atom. The van der Waals surface area contributed by atoms with E-state index in [1.165, 1.54) is 40.0 Å². The zero-order chi connectivity index (χ0) is 33.2. The molecular formula is C38H50N2O6Si. The minimum atomic E-state index is -2.82. The average molecular weight is 659 g/mol. The van der Waals surface area contributed by atoms with Gasteiger partial charge in [0.1, 0.15) is 6.23 Å². The summed E-state index contributed by atoms with van der Waals surface area (Å²) < 4.78 is 28.5. The lowest BCUT2D eigenvalue weighted by molar-refractivity contribution is -0.179. The van der Waals surface area contributed by atoms with Crippen LogP contribution in [0.1, 0.15) is 73.5 Å². The lowest BCUT2D eigenvalue weighted by Crippen LogP contribution is -2.67. The number of nitrogens with zero attached hydrogens (tertiary/aromatic N) is 1. The summed E-state index contributed by atoms with van der Waals surface area (Å²) in [5.74, 6) is 1.07. The van der Waals surface area contributed by atoms with Gasteiger partial charge in [-0.3, -0.25) is 14.3 Å². The second-order valence-corrected chi connectivity index (χ2v) is 20.4. The van der Waals surface area contributed by atoms with Gasteiger partial charge in [0.15, 0.2) is 6.29 Å². The molecule has 252 valence electrons. The van der Waals surface area contributed by atoms with E-state index in [-0.39, 0.29) is 40.3 Å². The van der Waals surface area contributed by atoms with Crippen LogP contribution in [0.25, 0.3) is 0 Å². The molecule has 0 amide bonds. The maximum absolute atomic E-state index is 13.1. The normalized spacial score (nSPS) is 32.9. The third-order valence-corrected chi connectivity index (χ3v) is 17.5. The Balaban J connectivity index is 1.13. The van der Waals surface area contributed by atoms with Gasteiger partial charge in [-0.1, -0.05) is 102 Å². The predicted molar refractivity (Wildman–Crippen MR) is 184 cm³/mol. The first-order valence-corrected chi connectivity index (χ1v) is 19.2. The highest BCUT2D eigenvalue weighted by molar-refractivity contribution is 6.99. The summed E-state index contributed by atoms with van der Waals surface area (Å²) in [6.07, 6.45) is 4.74. The van der Waals surface area contributed by atoms with Crippen LogP contribution < -0.4 is 21.6 Å². The molecule has 2 saturated heterocycles. The molecule has 2 aromatic carbocycles. The van der Waals surface area contributed by atoms with Crippen LogP contribution in [-0.4, -0.2) is 49.6 Å². The Kier molecular flexibility index (Phi) is 8.32. The highest BCUT2D eigenvalue weighted by Crippen LogP contribution is 2.71. The molecule has 4 aliphatic rings. The molecular weight excluding hydrogens is 609 g/mol. The van der Waals surface area contributed by atoms with Crippen molar-refractivity contribution in [3.8, 4) is 0 Å². The highest BCUT2D eigenvalue weighted by atomic mass is 28.4. The van der Waals surface area contributed by atoms with E-state index in [0.717, 1.165) is 6.42 Å². The third-order valence-electron chi connectivity index (χ3n) is 12.5. The highest BCUT2D eigenvalue weighted by Gasteiger charge is 2.69. The summed E-state index contributed by atoms with van der Waals surface area (Å²) in [6, 6.07) is 22.5. The number of fused-ring (bicyclic) bond motifs is 5. The van der Waals surface area contributed by atoms with E-state index in [2.05, 4.69) is 95.1 Å². The van der Waals surface area contributed by atoms with E-state index in [1.54, 1.807) is 0 Å². The van der Waals surface area contributed by atoms with E-state index in [1.807, 2.05) is 12.1 Å². The van der Waals surface area contributed by atoms with Crippen molar-refractivity contribution in [2.24, 2.45) is 28.6 Å². The Morgan fingerprint density at radius 2 is 1.57 bits per heavy atom. The molecule has 9 heteroatoms. The van der Waals surface area contributed by atoms with E-state index < -0.39 is 25.8 Å². The van der Waals surface area contributed by atoms with Gasteiger partial charge < -0.3 is 18.6 Å². The quantitative estimate of drug-likeness (QED) is 0.317. The van der Waals surface area contributed by atoms with Crippen molar-refractivity contribution in [3.05, 3.63) is 93.8 Å². The van der Waals surface area contributed by atoms with Gasteiger partial charge >= 0.3 is 5.69 Å². The van der Waals surface area contributed by atoms with Crippen molar-refractivity contribution >= 4 is 18.7 Å². The molecule has 47 heavy (non-hydrogen) atoms. The number of rotatable bonds is 9. The molecule has 0 spiro atoms. The van der Waals surface area contributed by atoms with Gasteiger partial charge in [-0.15, -0.1) is 0 Å². The number of hydrogen-bond donors (Lipinski definition) is 1. The van der Waals surface area contributed by atoms with Crippen molar-refractivity contribution in [3.63, 3.8) is 0 Å². The second kappa shape index (κ2) is 11.9. The van der Waals surface area contributed by atoms with Gasteiger partial charge in [0.2, 0.25) is 0 Å². The van der Waals surface area contributed by atoms with Crippen molar-refractivity contribution in [2.45, 2.75) is 97.0 Å². The zero-order valence-corrected chi connectivity index (χ0v) is 29.6. The fourth-order valence-electron chi connectivity index (χ4n) is 9.80. The van der Waals surface area contributed by atoms with Crippen molar-refractivity contribution in [1.29, 1.82) is 0 Å². The first kappa shape index (κ1) is 32.7. The number of aromatic amines is 1. The van der Waals surface area contributed by atoms with E-state index >= 15 is 0 Å². The fraction of sp³-hybridized carbons (Fsp3) is 0.579. The van der Waals surface area contributed by atoms with Crippen LogP contribution in [0.4, 0.5) is 0 Å². The van der Waals surface area contributed by atoms with Crippen LogP contribution in [0.15, 0.2) is 82.5 Å². The third kappa shape index (κ3) is 5.33. The van der Waals surface area contributed by atoms with Crippen LogP contribution in [0.2, 0.25) is 5.04 Å². The standard InChI is InChI=1S/C38H50N2O6Si/c1-36(2,3)47(27-13-9-7-10-14-27,28-15-11-8-12-16-28)44-23-25-21-26(45-34(25)40-20-18-31(41)39-35(40)42)24-43-32-22-29-30-17-19-38(6,33(29)46-32)37(30,4)5/h7-16,18,20,25-26,29-30,32-34H,17,19,21-24H2,1-6H3,(H,39,41,42)/t25-,26+,29-,30-,32-,33-,34+,38+/m1/s1. The molecule has 3 aromatic rings. The van der Waals surface area contributed by atoms with Gasteiger partial charge in [0.25, 0.3) is 13.9 Å². The number of hydrogen-bond acceptors (Lipinski definition) is 6. The molecule has 0 unspecified atom stereocenters. The zero-order valence-electron chi connectivity index (χ0n) is 28.6. The molecule has 2 aliphatic carbocycles. The Labute approximate surface area is 278 Å². The molecule has 8 nitrogen and oxygen atoms in total. The summed E-state index contributed by atoms with van der Waals surface area (Å²) in [5, 5.41) is 2.21. The second-order valence-electron chi connectivity index (χ2n) is 16.1. The number of H-pyrrole nitrogens is 1. The summed E-state index contributed by atoms with van der Waals surface area (Å²) in [4.78, 5) is 27.4. The van der Waals surface area contributed by atoms with Gasteiger partial charge in [-0.2, -0.15) is 0 Å². The number of benzene rings is 2. The van der Waals surface area contributed by atoms with Crippen LogP contribution in [0.5, 0.6) is 0 Å². The van der Waals surface area contributed by atoms with Crippen LogP contribution in [0.3, 0.4) is 0 Å². The summed E-state index contributed by atoms with van der Waals surface area (Å²) in [5.41, 5.74) is -0.446. The van der Waals surface area contributed by atoms with Crippen LogP contribution in [-0.2, 0) is 18.6 Å². The molecule has 1 N–H and O–H groups in total. The summed E-state index contributed by atoms with van der Waals surface area (Å²) in [6.45, 7) is 14.8. The minimum absolute atomic E-state index is 0.145. The number of ether oxygens (including phenoxy) is 3. The summed E-state index contributed by atoms with van der Waals surface area (Å²) in [7, 11) is -2.82. The lowest BCUT2D eigenvalue weighted by atomic mass is 9.70. The van der Waals surface area contributed by atoms with Gasteiger partial charge in [-0.05, 0) is 57.3 Å². The van der Waals surface area contributed by atoms with Crippen LogP contribution >= 0.6 is 0 Å². The molecule has 2 aliphatic heterocycles. The maximum atomic E-state index is 13.1. The maximum Gasteiger partial charge on any atom is 0.330 e. The van der Waals surface area contributed by atoms with Crippen molar-refractivity contribution < 1.29 is 18.6 Å². The molecule has 0 radical (unpaired) electrons. The van der Waals surface area contributed by atoms with Crippen LogP contribution in [0, 0.1) is 28.6 Å². The summed E-state index contributed by atoms with van der Waals surface area (Å²) >= 11 is 0.